The molecule has 0 bridgehead atoms. The van der Waals surface area contributed by atoms with Crippen LogP contribution in [-0.4, -0.2) is 9.78 Å². The van der Waals surface area contributed by atoms with Gasteiger partial charge in [0.2, 0.25) is 0 Å². The molecule has 0 N–H and O–H groups in total. The summed E-state index contributed by atoms with van der Waals surface area (Å²) in [6, 6.07) is 9.71. The van der Waals surface area contributed by atoms with Gasteiger partial charge in [0, 0.05) is 18.3 Å². The van der Waals surface area contributed by atoms with Gasteiger partial charge in [-0.05, 0) is 19.1 Å². The summed E-state index contributed by atoms with van der Waals surface area (Å²) in [6.45, 7) is 2.94. The lowest BCUT2D eigenvalue weighted by Gasteiger charge is -1.99. The summed E-state index contributed by atoms with van der Waals surface area (Å²) in [5.74, 6) is 0. The SMILES string of the molecule is CCn1ccc(-c2ccccc2Cl)n1. The summed E-state index contributed by atoms with van der Waals surface area (Å²) < 4.78 is 1.89. The zero-order chi connectivity index (χ0) is 9.97. The van der Waals surface area contributed by atoms with E-state index in [1.807, 2.05) is 41.2 Å². The third kappa shape index (κ3) is 1.66. The van der Waals surface area contributed by atoms with Crippen molar-refractivity contribution in [2.75, 3.05) is 0 Å². The number of halogens is 1. The lowest BCUT2D eigenvalue weighted by Crippen LogP contribution is -1.93. The normalized spacial score (nSPS) is 10.4. The van der Waals surface area contributed by atoms with Crippen LogP contribution in [0.3, 0.4) is 0 Å². The molecule has 1 aromatic carbocycles. The number of aryl methyl sites for hydroxylation is 1. The maximum Gasteiger partial charge on any atom is 0.0938 e. The van der Waals surface area contributed by atoms with E-state index in [0.29, 0.717) is 0 Å². The zero-order valence-corrected chi connectivity index (χ0v) is 8.70. The summed E-state index contributed by atoms with van der Waals surface area (Å²) in [4.78, 5) is 0. The fraction of sp³-hybridized carbons (Fsp3) is 0.182. The Morgan fingerprint density at radius 2 is 2.07 bits per heavy atom. The van der Waals surface area contributed by atoms with Crippen molar-refractivity contribution in [2.24, 2.45) is 0 Å². The van der Waals surface area contributed by atoms with Crippen LogP contribution in [0.25, 0.3) is 11.3 Å². The van der Waals surface area contributed by atoms with E-state index in [1.165, 1.54) is 0 Å². The zero-order valence-electron chi connectivity index (χ0n) is 7.94. The quantitative estimate of drug-likeness (QED) is 0.738. The predicted octanol–water partition coefficient (Wildman–Crippen LogP) is 3.22. The highest BCUT2D eigenvalue weighted by molar-refractivity contribution is 6.33. The van der Waals surface area contributed by atoms with Crippen molar-refractivity contribution in [2.45, 2.75) is 13.5 Å². The van der Waals surface area contributed by atoms with Crippen molar-refractivity contribution in [3.05, 3.63) is 41.6 Å². The first kappa shape index (κ1) is 9.28. The Balaban J connectivity index is 2.44. The molecule has 0 aliphatic carbocycles. The van der Waals surface area contributed by atoms with E-state index in [-0.39, 0.29) is 0 Å². The Morgan fingerprint density at radius 1 is 1.29 bits per heavy atom. The molecule has 0 aliphatic heterocycles. The standard InChI is InChI=1S/C11H11ClN2/c1-2-14-8-7-11(13-14)9-5-3-4-6-10(9)12/h3-8H,2H2,1H3. The molecule has 0 unspecified atom stereocenters. The van der Waals surface area contributed by atoms with Crippen LogP contribution in [-0.2, 0) is 6.54 Å². The Labute approximate surface area is 88.1 Å². The van der Waals surface area contributed by atoms with Gasteiger partial charge in [0.25, 0.3) is 0 Å². The van der Waals surface area contributed by atoms with E-state index < -0.39 is 0 Å². The summed E-state index contributed by atoms with van der Waals surface area (Å²) in [5.41, 5.74) is 1.92. The van der Waals surface area contributed by atoms with E-state index >= 15 is 0 Å². The van der Waals surface area contributed by atoms with Gasteiger partial charge in [0.05, 0.1) is 10.7 Å². The minimum Gasteiger partial charge on any atom is -0.272 e. The molecule has 0 fully saturated rings. The average Bonchev–Trinajstić information content (AvgIpc) is 2.67. The predicted molar refractivity (Wildman–Crippen MR) is 58.3 cm³/mol. The van der Waals surface area contributed by atoms with Crippen molar-refractivity contribution >= 4 is 11.6 Å². The largest absolute Gasteiger partial charge is 0.272 e. The topological polar surface area (TPSA) is 17.8 Å². The Hall–Kier alpha value is -1.28. The molecule has 14 heavy (non-hydrogen) atoms. The van der Waals surface area contributed by atoms with Crippen LogP contribution in [0.4, 0.5) is 0 Å². The molecule has 2 aromatic rings. The molecule has 0 atom stereocenters. The smallest absolute Gasteiger partial charge is 0.0938 e. The van der Waals surface area contributed by atoms with Crippen molar-refractivity contribution in [1.29, 1.82) is 0 Å². The molecule has 0 aliphatic rings. The molecule has 72 valence electrons. The molecular formula is C11H11ClN2. The first-order chi connectivity index (χ1) is 6.81. The third-order valence-corrected chi connectivity index (χ3v) is 2.44. The summed E-state index contributed by atoms with van der Waals surface area (Å²) in [7, 11) is 0. The van der Waals surface area contributed by atoms with E-state index in [1.54, 1.807) is 0 Å². The van der Waals surface area contributed by atoms with Crippen LogP contribution in [0.2, 0.25) is 5.02 Å². The number of aromatic nitrogens is 2. The molecule has 0 saturated heterocycles. The van der Waals surface area contributed by atoms with Gasteiger partial charge < -0.3 is 0 Å². The molecule has 0 saturated carbocycles. The highest BCUT2D eigenvalue weighted by Crippen LogP contribution is 2.25. The van der Waals surface area contributed by atoms with Gasteiger partial charge in [-0.3, -0.25) is 4.68 Å². The average molecular weight is 207 g/mol. The molecule has 0 spiro atoms. The molecule has 0 amide bonds. The van der Waals surface area contributed by atoms with Gasteiger partial charge in [-0.15, -0.1) is 0 Å². The van der Waals surface area contributed by atoms with Crippen LogP contribution in [0.1, 0.15) is 6.92 Å². The second-order valence-electron chi connectivity index (χ2n) is 3.04. The van der Waals surface area contributed by atoms with E-state index in [0.717, 1.165) is 22.8 Å². The van der Waals surface area contributed by atoms with Crippen LogP contribution in [0, 0.1) is 0 Å². The Morgan fingerprint density at radius 3 is 2.71 bits per heavy atom. The van der Waals surface area contributed by atoms with Gasteiger partial charge >= 0.3 is 0 Å². The van der Waals surface area contributed by atoms with Gasteiger partial charge in [-0.2, -0.15) is 5.10 Å². The van der Waals surface area contributed by atoms with Crippen LogP contribution in [0.15, 0.2) is 36.5 Å². The molecule has 2 rings (SSSR count). The van der Waals surface area contributed by atoms with Crippen molar-refractivity contribution in [3.8, 4) is 11.3 Å². The number of benzene rings is 1. The van der Waals surface area contributed by atoms with Crippen molar-refractivity contribution < 1.29 is 0 Å². The minimum absolute atomic E-state index is 0.744. The number of hydrogen-bond acceptors (Lipinski definition) is 1. The molecule has 2 nitrogen and oxygen atoms in total. The minimum atomic E-state index is 0.744. The Kier molecular flexibility index (Phi) is 2.55. The number of hydrogen-bond donors (Lipinski definition) is 0. The molecule has 1 aromatic heterocycles. The third-order valence-electron chi connectivity index (χ3n) is 2.11. The van der Waals surface area contributed by atoms with Gasteiger partial charge in [-0.1, -0.05) is 29.8 Å². The second-order valence-corrected chi connectivity index (χ2v) is 3.44. The van der Waals surface area contributed by atoms with Gasteiger partial charge in [0.15, 0.2) is 0 Å². The highest BCUT2D eigenvalue weighted by atomic mass is 35.5. The summed E-state index contributed by atoms with van der Waals surface area (Å²) in [6.07, 6.45) is 1.96. The van der Waals surface area contributed by atoms with Crippen LogP contribution >= 0.6 is 11.6 Å². The number of rotatable bonds is 2. The molecule has 0 radical (unpaired) electrons. The highest BCUT2D eigenvalue weighted by Gasteiger charge is 2.04. The van der Waals surface area contributed by atoms with Gasteiger partial charge in [0.1, 0.15) is 0 Å². The first-order valence-corrected chi connectivity index (χ1v) is 4.97. The maximum absolute atomic E-state index is 6.06. The van der Waals surface area contributed by atoms with Crippen molar-refractivity contribution in [3.63, 3.8) is 0 Å². The van der Waals surface area contributed by atoms with Crippen LogP contribution in [0.5, 0.6) is 0 Å². The molecular weight excluding hydrogens is 196 g/mol. The lowest BCUT2D eigenvalue weighted by molar-refractivity contribution is 0.662. The Bertz CT molecular complexity index is 434. The van der Waals surface area contributed by atoms with E-state index in [9.17, 15) is 0 Å². The van der Waals surface area contributed by atoms with E-state index in [4.69, 9.17) is 11.6 Å². The summed E-state index contributed by atoms with van der Waals surface area (Å²) >= 11 is 6.06. The molecule has 3 heteroatoms. The fourth-order valence-corrected chi connectivity index (χ4v) is 1.58. The van der Waals surface area contributed by atoms with Crippen LogP contribution < -0.4 is 0 Å². The summed E-state index contributed by atoms with van der Waals surface area (Å²) in [5, 5.41) is 5.14. The van der Waals surface area contributed by atoms with Gasteiger partial charge in [-0.25, -0.2) is 0 Å². The number of nitrogens with zero attached hydrogens (tertiary/aromatic N) is 2. The first-order valence-electron chi connectivity index (χ1n) is 4.59. The maximum atomic E-state index is 6.06. The lowest BCUT2D eigenvalue weighted by atomic mass is 10.2. The monoisotopic (exact) mass is 206 g/mol. The second kappa shape index (κ2) is 3.84. The van der Waals surface area contributed by atoms with Crippen molar-refractivity contribution in [1.82, 2.24) is 9.78 Å². The molecule has 1 heterocycles. The van der Waals surface area contributed by atoms with E-state index in [2.05, 4.69) is 12.0 Å². The fourth-order valence-electron chi connectivity index (χ4n) is 1.35.